The van der Waals surface area contributed by atoms with Gasteiger partial charge in [-0.1, -0.05) is 0 Å². The molecule has 0 aliphatic carbocycles. The molecule has 0 aliphatic rings. The van der Waals surface area contributed by atoms with Gasteiger partial charge in [-0.2, -0.15) is 5.10 Å². The molecular weight excluding hydrogens is 240 g/mol. The normalized spacial score (nSPS) is 12.8. The highest BCUT2D eigenvalue weighted by molar-refractivity contribution is 5.79. The Balaban J connectivity index is 2.58. The second kappa shape index (κ2) is 5.48. The van der Waals surface area contributed by atoms with Crippen molar-refractivity contribution in [2.75, 3.05) is 0 Å². The van der Waals surface area contributed by atoms with Crippen molar-refractivity contribution in [3.8, 4) is 0 Å². The van der Waals surface area contributed by atoms with E-state index in [1.807, 2.05) is 0 Å². The average molecular weight is 256 g/mol. The first kappa shape index (κ1) is 13.9. The minimum absolute atomic E-state index is 0.0193. The molecule has 1 rings (SSSR count). The number of carbonyl (C=O) groups is 2. The third kappa shape index (κ3) is 4.81. The van der Waals surface area contributed by atoms with Crippen LogP contribution in [-0.4, -0.2) is 43.6 Å². The molecule has 0 saturated heterocycles. The quantitative estimate of drug-likeness (QED) is 0.800. The van der Waals surface area contributed by atoms with Crippen molar-refractivity contribution < 1.29 is 19.4 Å². The van der Waals surface area contributed by atoms with E-state index in [0.29, 0.717) is 0 Å². The summed E-state index contributed by atoms with van der Waals surface area (Å²) < 4.78 is 6.29. The molecule has 0 aliphatic heterocycles. The number of alkyl carbamates (subject to hydrolysis) is 1. The summed E-state index contributed by atoms with van der Waals surface area (Å²) in [5, 5.41) is 15.0. The highest BCUT2D eigenvalue weighted by Gasteiger charge is 2.24. The van der Waals surface area contributed by atoms with E-state index in [4.69, 9.17) is 9.84 Å². The topological polar surface area (TPSA) is 106 Å². The number of carboxylic acid groups (broad SMARTS) is 1. The minimum atomic E-state index is -1.17. The third-order valence-electron chi connectivity index (χ3n) is 1.83. The first-order chi connectivity index (χ1) is 8.28. The maximum Gasteiger partial charge on any atom is 0.408 e. The van der Waals surface area contributed by atoms with E-state index in [-0.39, 0.29) is 6.54 Å². The molecule has 1 atom stereocenters. The van der Waals surface area contributed by atoms with Gasteiger partial charge in [0.05, 0.1) is 6.54 Å². The lowest BCUT2D eigenvalue weighted by Gasteiger charge is -2.21. The number of ether oxygens (including phenoxy) is 1. The standard InChI is InChI=1S/C10H16N4O4/c1-10(2,3)18-9(17)13-7(8(15)16)4-14-6-11-5-12-14/h5-7H,4H2,1-3H3,(H,13,17)(H,15,16)/t7-/m0/s1. The van der Waals surface area contributed by atoms with Crippen LogP contribution in [0.3, 0.4) is 0 Å². The van der Waals surface area contributed by atoms with Gasteiger partial charge in [0.15, 0.2) is 0 Å². The second-order valence-corrected chi connectivity index (χ2v) is 4.65. The van der Waals surface area contributed by atoms with Crippen LogP contribution in [0.5, 0.6) is 0 Å². The highest BCUT2D eigenvalue weighted by Crippen LogP contribution is 2.07. The molecule has 0 bridgehead atoms. The molecule has 8 heteroatoms. The number of rotatable bonds is 4. The van der Waals surface area contributed by atoms with Gasteiger partial charge in [-0.05, 0) is 20.8 Å². The Bertz CT molecular complexity index is 410. The van der Waals surface area contributed by atoms with E-state index in [1.54, 1.807) is 20.8 Å². The summed E-state index contributed by atoms with van der Waals surface area (Å²) in [5.74, 6) is -1.17. The fourth-order valence-corrected chi connectivity index (χ4v) is 1.15. The van der Waals surface area contributed by atoms with Crippen LogP contribution in [0.1, 0.15) is 20.8 Å². The second-order valence-electron chi connectivity index (χ2n) is 4.65. The Morgan fingerprint density at radius 2 is 2.17 bits per heavy atom. The summed E-state index contributed by atoms with van der Waals surface area (Å²) in [6, 6.07) is -1.12. The number of hydrogen-bond donors (Lipinski definition) is 2. The van der Waals surface area contributed by atoms with E-state index in [1.165, 1.54) is 17.3 Å². The zero-order chi connectivity index (χ0) is 13.8. The van der Waals surface area contributed by atoms with Crippen LogP contribution < -0.4 is 5.32 Å². The van der Waals surface area contributed by atoms with Crippen molar-refractivity contribution in [2.45, 2.75) is 39.0 Å². The van der Waals surface area contributed by atoms with Crippen molar-refractivity contribution in [3.63, 3.8) is 0 Å². The zero-order valence-electron chi connectivity index (χ0n) is 10.5. The maximum atomic E-state index is 11.5. The fraction of sp³-hybridized carbons (Fsp3) is 0.600. The number of carbonyl (C=O) groups excluding carboxylic acids is 1. The predicted octanol–water partition coefficient (Wildman–Crippen LogP) is 0.256. The molecule has 2 N–H and O–H groups in total. The van der Waals surface area contributed by atoms with Crippen LogP contribution in [0.2, 0.25) is 0 Å². The smallest absolute Gasteiger partial charge is 0.408 e. The van der Waals surface area contributed by atoms with E-state index in [0.717, 1.165) is 0 Å². The van der Waals surface area contributed by atoms with Crippen LogP contribution in [0, 0.1) is 0 Å². The van der Waals surface area contributed by atoms with Gasteiger partial charge in [0.25, 0.3) is 0 Å². The summed E-state index contributed by atoms with van der Waals surface area (Å²) >= 11 is 0. The monoisotopic (exact) mass is 256 g/mol. The summed E-state index contributed by atoms with van der Waals surface area (Å²) in [5.41, 5.74) is -0.680. The molecule has 0 unspecified atom stereocenters. The number of nitrogens with one attached hydrogen (secondary N) is 1. The molecule has 1 aromatic rings. The van der Waals surface area contributed by atoms with Gasteiger partial charge in [0.2, 0.25) is 0 Å². The lowest BCUT2D eigenvalue weighted by atomic mass is 10.2. The zero-order valence-corrected chi connectivity index (χ0v) is 10.5. The van der Waals surface area contributed by atoms with Gasteiger partial charge in [-0.25, -0.2) is 14.6 Å². The molecule has 1 aromatic heterocycles. The summed E-state index contributed by atoms with van der Waals surface area (Å²) in [6.45, 7) is 5.06. The van der Waals surface area contributed by atoms with Crippen LogP contribution in [-0.2, 0) is 16.1 Å². The first-order valence-corrected chi connectivity index (χ1v) is 5.32. The number of amides is 1. The van der Waals surface area contributed by atoms with Crippen LogP contribution in [0.25, 0.3) is 0 Å². The van der Waals surface area contributed by atoms with Gasteiger partial charge in [-0.3, -0.25) is 4.68 Å². The molecule has 0 aromatic carbocycles. The van der Waals surface area contributed by atoms with E-state index in [9.17, 15) is 9.59 Å². The number of nitrogens with zero attached hydrogens (tertiary/aromatic N) is 3. The van der Waals surface area contributed by atoms with Gasteiger partial charge in [0, 0.05) is 0 Å². The van der Waals surface area contributed by atoms with E-state index < -0.39 is 23.7 Å². The number of aromatic nitrogens is 3. The Labute approximate surface area is 104 Å². The highest BCUT2D eigenvalue weighted by atomic mass is 16.6. The molecule has 1 heterocycles. The predicted molar refractivity (Wildman–Crippen MR) is 60.8 cm³/mol. The molecule has 8 nitrogen and oxygen atoms in total. The number of carboxylic acids is 1. The average Bonchev–Trinajstić information content (AvgIpc) is 2.66. The Kier molecular flexibility index (Phi) is 4.24. The van der Waals surface area contributed by atoms with Crippen LogP contribution in [0.15, 0.2) is 12.7 Å². The van der Waals surface area contributed by atoms with E-state index in [2.05, 4.69) is 15.4 Å². The van der Waals surface area contributed by atoms with Gasteiger partial charge >= 0.3 is 12.1 Å². The molecule has 0 spiro atoms. The molecule has 18 heavy (non-hydrogen) atoms. The molecule has 0 fully saturated rings. The fourth-order valence-electron chi connectivity index (χ4n) is 1.15. The Morgan fingerprint density at radius 3 is 2.61 bits per heavy atom. The molecule has 0 radical (unpaired) electrons. The maximum absolute atomic E-state index is 11.5. The van der Waals surface area contributed by atoms with Crippen molar-refractivity contribution in [3.05, 3.63) is 12.7 Å². The molecule has 1 amide bonds. The number of aliphatic carboxylic acids is 1. The largest absolute Gasteiger partial charge is 0.480 e. The lowest BCUT2D eigenvalue weighted by molar-refractivity contribution is -0.139. The Morgan fingerprint density at radius 1 is 1.50 bits per heavy atom. The number of hydrogen-bond acceptors (Lipinski definition) is 5. The lowest BCUT2D eigenvalue weighted by Crippen LogP contribution is -2.45. The van der Waals surface area contributed by atoms with Gasteiger partial charge < -0.3 is 15.2 Å². The van der Waals surface area contributed by atoms with Crippen molar-refractivity contribution in [1.82, 2.24) is 20.1 Å². The van der Waals surface area contributed by atoms with Crippen molar-refractivity contribution in [2.24, 2.45) is 0 Å². The van der Waals surface area contributed by atoms with E-state index >= 15 is 0 Å². The SMILES string of the molecule is CC(C)(C)OC(=O)N[C@@H](Cn1cncn1)C(=O)O. The molecule has 0 saturated carbocycles. The summed E-state index contributed by atoms with van der Waals surface area (Å²) in [6.07, 6.45) is 1.87. The van der Waals surface area contributed by atoms with Crippen LogP contribution >= 0.6 is 0 Å². The first-order valence-electron chi connectivity index (χ1n) is 5.32. The van der Waals surface area contributed by atoms with Crippen molar-refractivity contribution >= 4 is 12.1 Å². The Hall–Kier alpha value is -2.12. The van der Waals surface area contributed by atoms with Crippen LogP contribution in [0.4, 0.5) is 4.79 Å². The van der Waals surface area contributed by atoms with Gasteiger partial charge in [0.1, 0.15) is 24.3 Å². The summed E-state index contributed by atoms with van der Waals surface area (Å²) in [7, 11) is 0. The van der Waals surface area contributed by atoms with Crippen molar-refractivity contribution in [1.29, 1.82) is 0 Å². The minimum Gasteiger partial charge on any atom is -0.480 e. The third-order valence-corrected chi connectivity index (χ3v) is 1.83. The molecular formula is C10H16N4O4. The summed E-state index contributed by atoms with van der Waals surface area (Å²) in [4.78, 5) is 26.1. The van der Waals surface area contributed by atoms with Gasteiger partial charge in [-0.15, -0.1) is 0 Å². The molecule has 100 valence electrons.